The van der Waals surface area contributed by atoms with Crippen molar-refractivity contribution in [2.24, 2.45) is 0 Å². The quantitative estimate of drug-likeness (QED) is 0.899. The highest BCUT2D eigenvalue weighted by molar-refractivity contribution is 5.28. The molecule has 0 radical (unpaired) electrons. The van der Waals surface area contributed by atoms with Crippen molar-refractivity contribution in [2.45, 2.75) is 39.3 Å². The zero-order chi connectivity index (χ0) is 13.8. The second-order valence-corrected chi connectivity index (χ2v) is 4.83. The number of benzene rings is 1. The molecule has 0 bridgehead atoms. The first kappa shape index (κ1) is 13.7. The van der Waals surface area contributed by atoms with Crippen LogP contribution in [0.15, 0.2) is 30.6 Å². The first-order valence-corrected chi connectivity index (χ1v) is 6.55. The number of halogens is 1. The fourth-order valence-corrected chi connectivity index (χ4v) is 2.09. The molecule has 0 aliphatic heterocycles. The average Bonchev–Trinajstić information content (AvgIpc) is 2.83. The van der Waals surface area contributed by atoms with Crippen LogP contribution in [0.4, 0.5) is 4.39 Å². The summed E-state index contributed by atoms with van der Waals surface area (Å²) in [6, 6.07) is 4.65. The molecular weight excluding hydrogens is 243 g/mol. The monoisotopic (exact) mass is 262 g/mol. The summed E-state index contributed by atoms with van der Waals surface area (Å²) >= 11 is 0. The highest BCUT2D eigenvalue weighted by atomic mass is 19.1. The Morgan fingerprint density at radius 3 is 2.95 bits per heavy atom. The molecule has 0 aliphatic carbocycles. The Morgan fingerprint density at radius 2 is 2.21 bits per heavy atom. The minimum absolute atomic E-state index is 0.269. The van der Waals surface area contributed by atoms with E-state index >= 15 is 0 Å². The normalized spacial score (nSPS) is 12.6. The van der Waals surface area contributed by atoms with E-state index in [9.17, 15) is 9.50 Å². The van der Waals surface area contributed by atoms with Crippen molar-refractivity contribution in [3.05, 3.63) is 53.1 Å². The summed E-state index contributed by atoms with van der Waals surface area (Å²) in [7, 11) is 0. The Kier molecular flexibility index (Phi) is 4.32. The summed E-state index contributed by atoms with van der Waals surface area (Å²) in [5.41, 5.74) is 2.59. The van der Waals surface area contributed by atoms with E-state index < -0.39 is 6.10 Å². The topological polar surface area (TPSA) is 38.0 Å². The van der Waals surface area contributed by atoms with Crippen LogP contribution in [0.5, 0.6) is 0 Å². The SMILES string of the molecule is CCCn1cc(C(O)Cc2cc(F)ccc2C)cn1. The minimum atomic E-state index is -0.647. The Bertz CT molecular complexity index is 551. The van der Waals surface area contributed by atoms with Gasteiger partial charge in [0, 0.05) is 24.7 Å². The van der Waals surface area contributed by atoms with Gasteiger partial charge < -0.3 is 5.11 Å². The number of rotatable bonds is 5. The van der Waals surface area contributed by atoms with Gasteiger partial charge in [-0.15, -0.1) is 0 Å². The van der Waals surface area contributed by atoms with Crippen LogP contribution < -0.4 is 0 Å². The van der Waals surface area contributed by atoms with Crippen molar-refractivity contribution in [3.63, 3.8) is 0 Å². The molecule has 0 aliphatic rings. The van der Waals surface area contributed by atoms with E-state index in [0.29, 0.717) is 6.42 Å². The van der Waals surface area contributed by atoms with Crippen molar-refractivity contribution >= 4 is 0 Å². The number of nitrogens with zero attached hydrogens (tertiary/aromatic N) is 2. The maximum atomic E-state index is 13.2. The van der Waals surface area contributed by atoms with Gasteiger partial charge in [0.2, 0.25) is 0 Å². The Labute approximate surface area is 112 Å². The summed E-state index contributed by atoms with van der Waals surface area (Å²) in [5, 5.41) is 14.4. The lowest BCUT2D eigenvalue weighted by molar-refractivity contribution is 0.178. The van der Waals surface area contributed by atoms with Crippen LogP contribution in [0, 0.1) is 12.7 Å². The molecule has 1 aromatic carbocycles. The molecule has 0 amide bonds. The van der Waals surface area contributed by atoms with Crippen LogP contribution in [0.2, 0.25) is 0 Å². The van der Waals surface area contributed by atoms with Crippen molar-refractivity contribution in [3.8, 4) is 0 Å². The van der Waals surface area contributed by atoms with Gasteiger partial charge in [-0.25, -0.2) is 4.39 Å². The Balaban J connectivity index is 2.11. The van der Waals surface area contributed by atoms with Crippen molar-refractivity contribution < 1.29 is 9.50 Å². The number of aromatic nitrogens is 2. The van der Waals surface area contributed by atoms with Gasteiger partial charge in [0.15, 0.2) is 0 Å². The molecule has 102 valence electrons. The molecule has 2 aromatic rings. The largest absolute Gasteiger partial charge is 0.388 e. The number of aliphatic hydroxyl groups excluding tert-OH is 1. The molecular formula is C15H19FN2O. The predicted octanol–water partition coefficient (Wildman–Crippen LogP) is 3.02. The number of hydrogen-bond acceptors (Lipinski definition) is 2. The summed E-state index contributed by atoms with van der Waals surface area (Å²) < 4.78 is 15.0. The second kappa shape index (κ2) is 5.97. The van der Waals surface area contributed by atoms with Crippen LogP contribution in [0.1, 0.15) is 36.1 Å². The standard InChI is InChI=1S/C15H19FN2O/c1-3-6-18-10-13(9-17-18)15(19)8-12-7-14(16)5-4-11(12)2/h4-5,7,9-10,15,19H,3,6,8H2,1-2H3. The van der Waals surface area contributed by atoms with Crippen molar-refractivity contribution in [1.82, 2.24) is 9.78 Å². The molecule has 0 saturated carbocycles. The fraction of sp³-hybridized carbons (Fsp3) is 0.400. The van der Waals surface area contributed by atoms with Gasteiger partial charge in [0.05, 0.1) is 12.3 Å². The number of aliphatic hydroxyl groups is 1. The third-order valence-electron chi connectivity index (χ3n) is 3.22. The second-order valence-electron chi connectivity index (χ2n) is 4.83. The zero-order valence-corrected chi connectivity index (χ0v) is 11.3. The number of aryl methyl sites for hydroxylation is 2. The molecule has 1 heterocycles. The maximum absolute atomic E-state index is 13.2. The molecule has 0 fully saturated rings. The minimum Gasteiger partial charge on any atom is -0.388 e. The zero-order valence-electron chi connectivity index (χ0n) is 11.3. The lowest BCUT2D eigenvalue weighted by Gasteiger charge is -2.11. The third kappa shape index (κ3) is 3.41. The van der Waals surface area contributed by atoms with Crippen molar-refractivity contribution in [1.29, 1.82) is 0 Å². The molecule has 4 heteroatoms. The summed E-state index contributed by atoms with van der Waals surface area (Å²) in [5.74, 6) is -0.269. The van der Waals surface area contributed by atoms with E-state index in [1.165, 1.54) is 12.1 Å². The molecule has 1 unspecified atom stereocenters. The van der Waals surface area contributed by atoms with Gasteiger partial charge in [-0.3, -0.25) is 4.68 Å². The Hall–Kier alpha value is -1.68. The molecule has 1 N–H and O–H groups in total. The van der Waals surface area contributed by atoms with E-state index in [2.05, 4.69) is 12.0 Å². The average molecular weight is 262 g/mol. The van der Waals surface area contributed by atoms with E-state index in [0.717, 1.165) is 29.7 Å². The predicted molar refractivity (Wildman–Crippen MR) is 72.3 cm³/mol. The van der Waals surface area contributed by atoms with Crippen LogP contribution in [-0.4, -0.2) is 14.9 Å². The molecule has 19 heavy (non-hydrogen) atoms. The van der Waals surface area contributed by atoms with Gasteiger partial charge in [-0.1, -0.05) is 13.0 Å². The van der Waals surface area contributed by atoms with Crippen molar-refractivity contribution in [2.75, 3.05) is 0 Å². The fourth-order valence-electron chi connectivity index (χ4n) is 2.09. The summed E-state index contributed by atoms with van der Waals surface area (Å²) in [6.07, 6.45) is 4.28. The molecule has 3 nitrogen and oxygen atoms in total. The van der Waals surface area contributed by atoms with Gasteiger partial charge in [-0.2, -0.15) is 5.10 Å². The molecule has 1 atom stereocenters. The molecule has 0 spiro atoms. The first-order chi connectivity index (χ1) is 9.10. The summed E-state index contributed by atoms with van der Waals surface area (Å²) in [4.78, 5) is 0. The lowest BCUT2D eigenvalue weighted by Crippen LogP contribution is -2.03. The highest BCUT2D eigenvalue weighted by Gasteiger charge is 2.13. The van der Waals surface area contributed by atoms with E-state index in [1.807, 2.05) is 17.8 Å². The van der Waals surface area contributed by atoms with Crippen LogP contribution in [0.25, 0.3) is 0 Å². The molecule has 1 aromatic heterocycles. The lowest BCUT2D eigenvalue weighted by atomic mass is 10.00. The van der Waals surface area contributed by atoms with Gasteiger partial charge in [-0.05, 0) is 36.6 Å². The first-order valence-electron chi connectivity index (χ1n) is 6.55. The van der Waals surface area contributed by atoms with Crippen LogP contribution in [0.3, 0.4) is 0 Å². The van der Waals surface area contributed by atoms with Gasteiger partial charge in [0.25, 0.3) is 0 Å². The molecule has 2 rings (SSSR count). The highest BCUT2D eigenvalue weighted by Crippen LogP contribution is 2.20. The van der Waals surface area contributed by atoms with Crippen LogP contribution in [-0.2, 0) is 13.0 Å². The van der Waals surface area contributed by atoms with Gasteiger partial charge in [0.1, 0.15) is 5.82 Å². The third-order valence-corrected chi connectivity index (χ3v) is 3.22. The molecule has 0 saturated heterocycles. The van der Waals surface area contributed by atoms with E-state index in [-0.39, 0.29) is 5.82 Å². The van der Waals surface area contributed by atoms with E-state index in [1.54, 1.807) is 12.3 Å². The van der Waals surface area contributed by atoms with Gasteiger partial charge >= 0.3 is 0 Å². The summed E-state index contributed by atoms with van der Waals surface area (Å²) in [6.45, 7) is 4.83. The maximum Gasteiger partial charge on any atom is 0.123 e. The smallest absolute Gasteiger partial charge is 0.123 e. The van der Waals surface area contributed by atoms with Crippen LogP contribution >= 0.6 is 0 Å². The Morgan fingerprint density at radius 1 is 1.42 bits per heavy atom. The van der Waals surface area contributed by atoms with E-state index in [4.69, 9.17) is 0 Å². The number of hydrogen-bond donors (Lipinski definition) is 1.